The Labute approximate surface area is 501 Å². The van der Waals surface area contributed by atoms with E-state index in [2.05, 4.69) is 124 Å². The minimum Gasteiger partial charge on any atom is -0.462 e. The SMILES string of the molecule is CC/C=C\C/C=C\C/C=C\C/C=C\CCC(=O)OCC(COC(=O)CCCCCCCCCCCC/C=C\C/C=C\C/C=C\CCCCCCC)OC(=O)CCCCCCCCCCCCCCC/C=C\C/C=C\CCCCCCC. The van der Waals surface area contributed by atoms with E-state index in [1.54, 1.807) is 0 Å². The van der Waals surface area contributed by atoms with Crippen LogP contribution in [0.3, 0.4) is 0 Å². The number of carbonyl (C=O) groups is 3. The molecule has 0 rings (SSSR count). The van der Waals surface area contributed by atoms with Gasteiger partial charge in [-0.3, -0.25) is 14.4 Å². The molecule has 1 atom stereocenters. The highest BCUT2D eigenvalue weighted by atomic mass is 16.6. The van der Waals surface area contributed by atoms with E-state index in [-0.39, 0.29) is 37.5 Å². The summed E-state index contributed by atoms with van der Waals surface area (Å²) in [6, 6.07) is 0. The Morgan fingerprint density at radius 3 is 0.827 bits per heavy atom. The predicted octanol–water partition coefficient (Wildman–Crippen LogP) is 23.8. The molecule has 6 nitrogen and oxygen atoms in total. The third-order valence-corrected chi connectivity index (χ3v) is 14.7. The number of esters is 3. The second-order valence-corrected chi connectivity index (χ2v) is 22.7. The lowest BCUT2D eigenvalue weighted by molar-refractivity contribution is -0.166. The molecule has 0 saturated carbocycles. The van der Waals surface area contributed by atoms with Gasteiger partial charge in [0.15, 0.2) is 6.10 Å². The fourth-order valence-electron chi connectivity index (χ4n) is 9.61. The second kappa shape index (κ2) is 68.6. The van der Waals surface area contributed by atoms with Crippen LogP contribution in [-0.2, 0) is 28.6 Å². The first-order chi connectivity index (χ1) is 40.0. The number of hydrogen-bond donors (Lipinski definition) is 0. The van der Waals surface area contributed by atoms with Gasteiger partial charge in [-0.15, -0.1) is 0 Å². The van der Waals surface area contributed by atoms with Gasteiger partial charge in [-0.1, -0.05) is 304 Å². The van der Waals surface area contributed by atoms with E-state index < -0.39 is 6.10 Å². The van der Waals surface area contributed by atoms with Crippen LogP contribution in [0.5, 0.6) is 0 Å². The van der Waals surface area contributed by atoms with Gasteiger partial charge < -0.3 is 14.2 Å². The number of unbranched alkanes of at least 4 members (excludes halogenated alkanes) is 33. The van der Waals surface area contributed by atoms with Crippen molar-refractivity contribution in [1.82, 2.24) is 0 Å². The minimum absolute atomic E-state index is 0.102. The third kappa shape index (κ3) is 66.8. The molecule has 0 N–H and O–H groups in total. The van der Waals surface area contributed by atoms with Crippen molar-refractivity contribution in [2.24, 2.45) is 0 Å². The molecule has 0 spiro atoms. The molecule has 0 fully saturated rings. The Balaban J connectivity index is 4.33. The molecular weight excluding hydrogens is 997 g/mol. The van der Waals surface area contributed by atoms with Crippen molar-refractivity contribution in [1.29, 1.82) is 0 Å². The molecule has 0 aromatic heterocycles. The monoisotopic (exact) mass is 1120 g/mol. The topological polar surface area (TPSA) is 78.9 Å². The first-order valence-electron chi connectivity index (χ1n) is 34.4. The molecule has 464 valence electrons. The molecule has 0 bridgehead atoms. The Morgan fingerprint density at radius 1 is 0.259 bits per heavy atom. The molecule has 0 aromatic rings. The maximum atomic E-state index is 12.9. The third-order valence-electron chi connectivity index (χ3n) is 14.7. The Kier molecular flexibility index (Phi) is 65.2. The number of allylic oxidation sites excluding steroid dienone is 18. The van der Waals surface area contributed by atoms with Gasteiger partial charge in [0.05, 0.1) is 0 Å². The van der Waals surface area contributed by atoms with Crippen LogP contribution in [0, 0.1) is 0 Å². The van der Waals surface area contributed by atoms with Crippen molar-refractivity contribution in [2.75, 3.05) is 13.2 Å². The van der Waals surface area contributed by atoms with E-state index in [1.807, 2.05) is 6.08 Å². The van der Waals surface area contributed by atoms with Gasteiger partial charge in [-0.05, 0) is 116 Å². The van der Waals surface area contributed by atoms with Gasteiger partial charge in [0.2, 0.25) is 0 Å². The molecule has 0 radical (unpaired) electrons. The van der Waals surface area contributed by atoms with Crippen LogP contribution in [-0.4, -0.2) is 37.2 Å². The van der Waals surface area contributed by atoms with Crippen LogP contribution < -0.4 is 0 Å². The zero-order chi connectivity index (χ0) is 58.5. The largest absolute Gasteiger partial charge is 0.462 e. The number of carbonyl (C=O) groups excluding carboxylic acids is 3. The summed E-state index contributed by atoms with van der Waals surface area (Å²) in [5.41, 5.74) is 0. The summed E-state index contributed by atoms with van der Waals surface area (Å²) in [6.45, 7) is 6.46. The van der Waals surface area contributed by atoms with E-state index >= 15 is 0 Å². The number of rotatable bonds is 62. The summed E-state index contributed by atoms with van der Waals surface area (Å²) in [5.74, 6) is -0.981. The van der Waals surface area contributed by atoms with Crippen LogP contribution in [0.4, 0.5) is 0 Å². The van der Waals surface area contributed by atoms with Gasteiger partial charge >= 0.3 is 17.9 Å². The molecule has 0 heterocycles. The summed E-state index contributed by atoms with van der Waals surface area (Å²) >= 11 is 0. The molecule has 6 heteroatoms. The highest BCUT2D eigenvalue weighted by Gasteiger charge is 2.19. The van der Waals surface area contributed by atoms with E-state index in [0.29, 0.717) is 19.3 Å². The average Bonchev–Trinajstić information content (AvgIpc) is 3.46. The highest BCUT2D eigenvalue weighted by molar-refractivity contribution is 5.71. The molecule has 0 aromatic carbocycles. The Hall–Kier alpha value is -3.93. The van der Waals surface area contributed by atoms with Crippen molar-refractivity contribution < 1.29 is 28.6 Å². The molecule has 1 unspecified atom stereocenters. The number of hydrogen-bond acceptors (Lipinski definition) is 6. The van der Waals surface area contributed by atoms with Gasteiger partial charge in [0.25, 0.3) is 0 Å². The molecule has 0 aliphatic rings. The van der Waals surface area contributed by atoms with Crippen molar-refractivity contribution in [2.45, 2.75) is 335 Å². The van der Waals surface area contributed by atoms with Gasteiger partial charge in [-0.25, -0.2) is 0 Å². The lowest BCUT2D eigenvalue weighted by Gasteiger charge is -2.18. The molecule has 81 heavy (non-hydrogen) atoms. The molecule has 0 saturated heterocycles. The van der Waals surface area contributed by atoms with E-state index in [9.17, 15) is 14.4 Å². The normalized spacial score (nSPS) is 12.8. The zero-order valence-corrected chi connectivity index (χ0v) is 53.3. The van der Waals surface area contributed by atoms with Crippen molar-refractivity contribution in [3.8, 4) is 0 Å². The summed E-state index contributed by atoms with van der Waals surface area (Å²) in [7, 11) is 0. The summed E-state index contributed by atoms with van der Waals surface area (Å²) in [4.78, 5) is 38.3. The maximum absolute atomic E-state index is 12.9. The Morgan fingerprint density at radius 2 is 0.506 bits per heavy atom. The lowest BCUT2D eigenvalue weighted by atomic mass is 10.0. The molecule has 0 aliphatic heterocycles. The summed E-state index contributed by atoms with van der Waals surface area (Å²) in [5, 5.41) is 0. The van der Waals surface area contributed by atoms with Gasteiger partial charge in [0, 0.05) is 19.3 Å². The Bertz CT molecular complexity index is 1620. The second-order valence-electron chi connectivity index (χ2n) is 22.7. The van der Waals surface area contributed by atoms with Crippen molar-refractivity contribution in [3.05, 3.63) is 109 Å². The first kappa shape index (κ1) is 77.1. The van der Waals surface area contributed by atoms with Crippen molar-refractivity contribution >= 4 is 17.9 Å². The van der Waals surface area contributed by atoms with Crippen LogP contribution in [0.1, 0.15) is 329 Å². The molecule has 0 amide bonds. The van der Waals surface area contributed by atoms with Gasteiger partial charge in [-0.2, -0.15) is 0 Å². The minimum atomic E-state index is -0.812. The molecular formula is C75H128O6. The van der Waals surface area contributed by atoms with Crippen LogP contribution in [0.2, 0.25) is 0 Å². The summed E-state index contributed by atoms with van der Waals surface area (Å²) < 4.78 is 16.9. The van der Waals surface area contributed by atoms with Crippen LogP contribution >= 0.6 is 0 Å². The van der Waals surface area contributed by atoms with E-state index in [1.165, 1.54) is 199 Å². The number of ether oxygens (including phenoxy) is 3. The fourth-order valence-corrected chi connectivity index (χ4v) is 9.61. The average molecular weight is 1130 g/mol. The standard InChI is InChI=1S/C75H128O6/c1-4-7-10-13-16-19-22-25-27-29-31-33-35-37-39-41-43-45-47-50-53-56-59-62-65-68-74(77)80-71-72(70-79-73(76)67-64-61-58-55-52-49-24-21-18-15-12-9-6-3)81-75(78)69-66-63-60-57-54-51-48-46-44-42-40-38-36-34-32-30-28-26-23-20-17-14-11-8-5-2/h9,12,18,21-23,25-26,29-32,35,37,49,52,58,61,72H,4-8,10-11,13-17,19-20,24,27-28,33-34,36,38-48,50-51,53-57,59-60,62-71H2,1-3H3/b12-9-,21-18-,25-22-,26-23-,31-29-,32-30-,37-35-,52-49-,61-58-. The van der Waals surface area contributed by atoms with E-state index in [4.69, 9.17) is 14.2 Å². The summed E-state index contributed by atoms with van der Waals surface area (Å²) in [6.07, 6.45) is 94.1. The zero-order valence-electron chi connectivity index (χ0n) is 53.3. The fraction of sp³-hybridized carbons (Fsp3) is 0.720. The van der Waals surface area contributed by atoms with Crippen molar-refractivity contribution in [3.63, 3.8) is 0 Å². The lowest BCUT2D eigenvalue weighted by Crippen LogP contribution is -2.30. The van der Waals surface area contributed by atoms with Crippen LogP contribution in [0.15, 0.2) is 109 Å². The maximum Gasteiger partial charge on any atom is 0.306 e. The highest BCUT2D eigenvalue weighted by Crippen LogP contribution is 2.16. The quantitative estimate of drug-likeness (QED) is 0.0261. The smallest absolute Gasteiger partial charge is 0.306 e. The van der Waals surface area contributed by atoms with Crippen LogP contribution in [0.25, 0.3) is 0 Å². The van der Waals surface area contributed by atoms with Gasteiger partial charge in [0.1, 0.15) is 13.2 Å². The van der Waals surface area contributed by atoms with E-state index in [0.717, 1.165) is 83.5 Å². The molecule has 0 aliphatic carbocycles. The first-order valence-corrected chi connectivity index (χ1v) is 34.4. The predicted molar refractivity (Wildman–Crippen MR) is 353 cm³/mol.